The van der Waals surface area contributed by atoms with Crippen molar-refractivity contribution < 1.29 is 72.1 Å². The molecule has 0 aliphatic heterocycles. The maximum absolute atomic E-state index is 12.5. The first kappa shape index (κ1) is 29.8. The van der Waals surface area contributed by atoms with E-state index in [2.05, 4.69) is 17.9 Å². The van der Waals surface area contributed by atoms with Gasteiger partial charge in [0, 0.05) is 18.1 Å². The van der Waals surface area contributed by atoms with Crippen LogP contribution in [-0.4, -0.2) is 60.2 Å². The molecule has 0 aliphatic rings. The number of carboxylic acids is 1. The lowest BCUT2D eigenvalue weighted by molar-refractivity contribution is -0.253. The van der Waals surface area contributed by atoms with Crippen LogP contribution in [0.4, 0.5) is 52.7 Å². The summed E-state index contributed by atoms with van der Waals surface area (Å²) in [6.07, 6.45) is -21.6. The number of carbonyl (C=O) groups excluding carboxylic acids is 1. The largest absolute Gasteiger partial charge is 0.478 e. The van der Waals surface area contributed by atoms with Gasteiger partial charge in [-0.3, -0.25) is 0 Å². The van der Waals surface area contributed by atoms with Gasteiger partial charge in [-0.2, -0.15) is 35.1 Å². The number of hydrogen-bond acceptors (Lipinski definition) is 3. The summed E-state index contributed by atoms with van der Waals surface area (Å²) in [6.45, 7) is 3.42. The van der Waals surface area contributed by atoms with E-state index in [4.69, 9.17) is 5.11 Å². The molecule has 0 saturated carbocycles. The van der Waals surface area contributed by atoms with Gasteiger partial charge in [-0.05, 0) is 0 Å². The summed E-state index contributed by atoms with van der Waals surface area (Å²) >= 11 is 0. The van der Waals surface area contributed by atoms with Gasteiger partial charge in [0.2, 0.25) is 0 Å². The van der Waals surface area contributed by atoms with E-state index in [1.807, 2.05) is 0 Å². The van der Waals surface area contributed by atoms with Gasteiger partial charge in [0.05, 0.1) is 0 Å². The highest BCUT2D eigenvalue weighted by Crippen LogP contribution is 2.38. The van der Waals surface area contributed by atoms with Crippen molar-refractivity contribution in [2.24, 2.45) is 0 Å². The van der Waals surface area contributed by atoms with Crippen molar-refractivity contribution in [3.8, 4) is 0 Å². The molecule has 0 bridgehead atoms. The first-order valence-corrected chi connectivity index (χ1v) is 6.97. The highest BCUT2D eigenvalue weighted by molar-refractivity contribution is 5.85. The van der Waals surface area contributed by atoms with E-state index in [0.717, 1.165) is 0 Å². The van der Waals surface area contributed by atoms with Crippen LogP contribution in [0.5, 0.6) is 0 Å². The molecule has 1 N–H and O–H groups in total. The Bertz CT molecular complexity index is 621. The molecule has 0 radical (unpaired) electrons. The molecule has 30 heavy (non-hydrogen) atoms. The third kappa shape index (κ3) is 10.4. The number of carboxylic acid groups (broad SMARTS) is 1. The fraction of sp³-hybridized carbons (Fsp3) is 0.571. The second-order valence-electron chi connectivity index (χ2n) is 5.23. The summed E-state index contributed by atoms with van der Waals surface area (Å²) in [5, 5.41) is 8.09. The Morgan fingerprint density at radius 3 is 1.53 bits per heavy atom. The maximum atomic E-state index is 12.5. The van der Waals surface area contributed by atoms with Crippen LogP contribution in [0.3, 0.4) is 0 Å². The van der Waals surface area contributed by atoms with Crippen molar-refractivity contribution in [2.75, 3.05) is 6.61 Å². The molecule has 0 amide bonds. The Morgan fingerprint density at radius 2 is 1.23 bits per heavy atom. The number of ether oxygens (including phenoxy) is 1. The van der Waals surface area contributed by atoms with E-state index in [-0.39, 0.29) is 0 Å². The fourth-order valence-electron chi connectivity index (χ4n) is 1.23. The minimum atomic E-state index is -5.73. The summed E-state index contributed by atoms with van der Waals surface area (Å²) in [5.41, 5.74) is -1.19. The number of rotatable bonds is 8. The van der Waals surface area contributed by atoms with E-state index in [9.17, 15) is 62.3 Å². The van der Waals surface area contributed by atoms with Gasteiger partial charge in [-0.1, -0.05) is 13.2 Å². The third-order valence-electron chi connectivity index (χ3n) is 2.64. The zero-order chi connectivity index (χ0) is 24.7. The second kappa shape index (κ2) is 10.6. The number of alkyl halides is 12. The minimum Gasteiger partial charge on any atom is -0.478 e. The molecule has 176 valence electrons. The van der Waals surface area contributed by atoms with Crippen LogP contribution in [0.1, 0.15) is 6.42 Å². The smallest absolute Gasteiger partial charge is 0.425 e. The Labute approximate surface area is 159 Å². The molecule has 0 saturated heterocycles. The van der Waals surface area contributed by atoms with E-state index in [1.54, 1.807) is 0 Å². The molecule has 2 unspecified atom stereocenters. The van der Waals surface area contributed by atoms with Crippen LogP contribution >= 0.6 is 0 Å². The summed E-state index contributed by atoms with van der Waals surface area (Å²) in [4.78, 5) is 20.3. The zero-order valence-corrected chi connectivity index (χ0v) is 14.3. The van der Waals surface area contributed by atoms with Crippen molar-refractivity contribution in [1.82, 2.24) is 0 Å². The number of carbonyl (C=O) groups is 2. The van der Waals surface area contributed by atoms with Gasteiger partial charge in [0.15, 0.2) is 6.61 Å². The lowest BCUT2D eigenvalue weighted by atomic mass is 10.0. The summed E-state index contributed by atoms with van der Waals surface area (Å²) < 4.78 is 147. The SMILES string of the molecule is C=C(CC(F)(F)C(F)C(F)(F)F)C(=O)O.C=CC(=O)OCC(F)(F)C(F)C(F)(F)F. The molecule has 0 aromatic heterocycles. The fourth-order valence-corrected chi connectivity index (χ4v) is 1.23. The summed E-state index contributed by atoms with van der Waals surface area (Å²) in [6, 6.07) is 0. The molecule has 2 atom stereocenters. The maximum Gasteiger partial charge on any atom is 0.425 e. The van der Waals surface area contributed by atoms with Crippen molar-refractivity contribution >= 4 is 11.9 Å². The van der Waals surface area contributed by atoms with Crippen LogP contribution in [0.2, 0.25) is 0 Å². The zero-order valence-electron chi connectivity index (χ0n) is 14.3. The molecule has 0 aromatic rings. The van der Waals surface area contributed by atoms with Crippen molar-refractivity contribution in [2.45, 2.75) is 43.0 Å². The Kier molecular flexibility index (Phi) is 10.5. The standard InChI is InChI=1S/2C7H6F6O2/c1-3(4(14)15)2-6(9,10)5(8)7(11,12)13;1-2-4(14)15-3-6(9,10)5(8)7(11,12)13/h5H,1-2H2,(H,14,15);2,5H,1,3H2. The lowest BCUT2D eigenvalue weighted by Crippen LogP contribution is -2.45. The van der Waals surface area contributed by atoms with Crippen LogP contribution in [-0.2, 0) is 14.3 Å². The third-order valence-corrected chi connectivity index (χ3v) is 2.64. The second-order valence-corrected chi connectivity index (χ2v) is 5.23. The van der Waals surface area contributed by atoms with Gasteiger partial charge < -0.3 is 9.84 Å². The number of hydrogen-bond donors (Lipinski definition) is 1. The van der Waals surface area contributed by atoms with E-state index in [0.29, 0.717) is 6.08 Å². The molecular formula is C14H12F12O4. The highest BCUT2D eigenvalue weighted by atomic mass is 19.4. The Morgan fingerprint density at radius 1 is 0.867 bits per heavy atom. The van der Waals surface area contributed by atoms with Crippen LogP contribution in [0.15, 0.2) is 24.8 Å². The monoisotopic (exact) mass is 472 g/mol. The number of aliphatic carboxylic acids is 1. The molecule has 0 rings (SSSR count). The molecule has 0 aliphatic carbocycles. The first-order valence-electron chi connectivity index (χ1n) is 6.97. The average molecular weight is 472 g/mol. The van der Waals surface area contributed by atoms with Gasteiger partial charge in [0.25, 0.3) is 18.3 Å². The van der Waals surface area contributed by atoms with Crippen molar-refractivity contribution in [3.05, 3.63) is 24.8 Å². The van der Waals surface area contributed by atoms with E-state index >= 15 is 0 Å². The van der Waals surface area contributed by atoms with Gasteiger partial charge in [-0.25, -0.2) is 27.2 Å². The van der Waals surface area contributed by atoms with E-state index in [1.165, 1.54) is 0 Å². The van der Waals surface area contributed by atoms with Crippen molar-refractivity contribution in [3.63, 3.8) is 0 Å². The number of halogens is 12. The minimum absolute atomic E-state index is 0.469. The lowest BCUT2D eigenvalue weighted by Gasteiger charge is -2.22. The van der Waals surface area contributed by atoms with Crippen LogP contribution in [0.25, 0.3) is 0 Å². The highest BCUT2D eigenvalue weighted by Gasteiger charge is 2.58. The molecule has 0 heterocycles. The summed E-state index contributed by atoms with van der Waals surface area (Å²) in [7, 11) is 0. The predicted molar refractivity (Wildman–Crippen MR) is 74.3 cm³/mol. The topological polar surface area (TPSA) is 63.6 Å². The van der Waals surface area contributed by atoms with Crippen LogP contribution in [0, 0.1) is 0 Å². The van der Waals surface area contributed by atoms with Gasteiger partial charge in [0.1, 0.15) is 0 Å². The Balaban J connectivity index is 0. The summed E-state index contributed by atoms with van der Waals surface area (Å²) in [5.74, 6) is -12.9. The van der Waals surface area contributed by atoms with Crippen molar-refractivity contribution in [1.29, 1.82) is 0 Å². The first-order chi connectivity index (χ1) is 13.1. The Hall–Kier alpha value is -2.42. The van der Waals surface area contributed by atoms with Gasteiger partial charge >= 0.3 is 30.2 Å². The normalized spacial score (nSPS) is 14.7. The molecular weight excluding hydrogens is 460 g/mol. The molecule has 0 spiro atoms. The number of esters is 1. The van der Waals surface area contributed by atoms with Gasteiger partial charge in [-0.15, -0.1) is 0 Å². The quantitative estimate of drug-likeness (QED) is 0.313. The van der Waals surface area contributed by atoms with E-state index < -0.39 is 67.1 Å². The molecule has 4 nitrogen and oxygen atoms in total. The van der Waals surface area contributed by atoms with Crippen LogP contribution < -0.4 is 0 Å². The molecule has 0 fully saturated rings. The predicted octanol–water partition coefficient (Wildman–Crippen LogP) is 4.80. The molecule has 0 aromatic carbocycles. The average Bonchev–Trinajstić information content (AvgIpc) is 2.56. The molecule has 16 heteroatoms.